The first-order valence-electron chi connectivity index (χ1n) is 9.75. The van der Waals surface area contributed by atoms with E-state index in [0.717, 1.165) is 44.5 Å². The Balaban J connectivity index is 1.60. The van der Waals surface area contributed by atoms with Gasteiger partial charge in [0, 0.05) is 12.1 Å². The number of halogens is 1. The quantitative estimate of drug-likeness (QED) is 0.611. The first-order chi connectivity index (χ1) is 14.3. The molecule has 3 rings (SSSR count). The number of piperidine rings is 1. The highest BCUT2D eigenvalue weighted by molar-refractivity contribution is 7.81. The van der Waals surface area contributed by atoms with Crippen LogP contribution >= 0.6 is 0 Å². The molecule has 0 aromatic heterocycles. The molecule has 2 aromatic carbocycles. The van der Waals surface area contributed by atoms with Crippen LogP contribution in [0.3, 0.4) is 0 Å². The zero-order valence-corrected chi connectivity index (χ0v) is 17.5. The van der Waals surface area contributed by atoms with Crippen LogP contribution in [0, 0.1) is 11.7 Å². The maximum atomic E-state index is 13.0. The van der Waals surface area contributed by atoms with Gasteiger partial charge in [0.05, 0.1) is 13.2 Å². The third-order valence-corrected chi connectivity index (χ3v) is 5.83. The normalized spacial score (nSPS) is 16.9. The summed E-state index contributed by atoms with van der Waals surface area (Å²) >= 11 is 0. The van der Waals surface area contributed by atoms with E-state index in [1.807, 2.05) is 0 Å². The van der Waals surface area contributed by atoms with Crippen molar-refractivity contribution in [2.75, 3.05) is 26.7 Å². The number of nitrogens with zero attached hydrogens (tertiary/aromatic N) is 1. The minimum absolute atomic E-state index is 0.0260. The smallest absolute Gasteiger partial charge is 0.446 e. The minimum Gasteiger partial charge on any atom is -0.492 e. The fraction of sp³-hybridized carbons (Fsp3) is 0.429. The molecule has 1 fully saturated rings. The molecule has 1 heterocycles. The van der Waals surface area contributed by atoms with Crippen LogP contribution in [-0.4, -0.2) is 49.7 Å². The molecule has 0 aliphatic carbocycles. The molecule has 7 nitrogen and oxygen atoms in total. The molecular weight excluding hydrogens is 413 g/mol. The molecule has 0 bridgehead atoms. The molecule has 1 atom stereocenters. The van der Waals surface area contributed by atoms with E-state index >= 15 is 0 Å². The van der Waals surface area contributed by atoms with E-state index in [9.17, 15) is 17.9 Å². The standard InChI is InChI=1S/C21H26FNO6S/c1-28-21-18(3-2-4-19(21)29-30(25,26)27)20(24)16-10-13-23(14-11-16)12-9-15-5-7-17(22)8-6-15/h2-8,16,20,24H,9-14H2,1H3,(H,25,26,27). The van der Waals surface area contributed by atoms with Gasteiger partial charge in [-0.3, -0.25) is 4.55 Å². The molecular formula is C21H26FNO6S. The molecule has 0 spiro atoms. The summed E-state index contributed by atoms with van der Waals surface area (Å²) in [6, 6.07) is 11.1. The predicted molar refractivity (Wildman–Crippen MR) is 109 cm³/mol. The number of rotatable bonds is 8. The fourth-order valence-corrected chi connectivity index (χ4v) is 4.21. The summed E-state index contributed by atoms with van der Waals surface area (Å²) in [5.74, 6) is -0.355. The van der Waals surface area contributed by atoms with Crippen molar-refractivity contribution in [3.05, 3.63) is 59.4 Å². The van der Waals surface area contributed by atoms with Crippen LogP contribution in [0.1, 0.15) is 30.1 Å². The summed E-state index contributed by atoms with van der Waals surface area (Å²) in [6.07, 6.45) is 1.49. The molecule has 2 N–H and O–H groups in total. The second-order valence-corrected chi connectivity index (χ2v) is 8.41. The van der Waals surface area contributed by atoms with Gasteiger partial charge in [0.15, 0.2) is 11.5 Å². The molecule has 164 valence electrons. The number of likely N-dealkylation sites (tertiary alicyclic amines) is 1. The van der Waals surface area contributed by atoms with Crippen molar-refractivity contribution in [2.24, 2.45) is 5.92 Å². The first-order valence-corrected chi connectivity index (χ1v) is 11.1. The summed E-state index contributed by atoms with van der Waals surface area (Å²) in [5.41, 5.74) is 1.50. The molecule has 0 amide bonds. The predicted octanol–water partition coefficient (Wildman–Crippen LogP) is 3.00. The van der Waals surface area contributed by atoms with Gasteiger partial charge in [-0.2, -0.15) is 8.42 Å². The lowest BCUT2D eigenvalue weighted by molar-refractivity contribution is 0.0573. The molecule has 1 aliphatic rings. The van der Waals surface area contributed by atoms with E-state index in [1.165, 1.54) is 25.3 Å². The Morgan fingerprint density at radius 1 is 1.17 bits per heavy atom. The Kier molecular flexibility index (Phi) is 7.30. The van der Waals surface area contributed by atoms with Crippen molar-refractivity contribution in [1.29, 1.82) is 0 Å². The van der Waals surface area contributed by atoms with E-state index in [0.29, 0.717) is 5.56 Å². The summed E-state index contributed by atoms with van der Waals surface area (Å²) in [4.78, 5) is 2.31. The lowest BCUT2D eigenvalue weighted by atomic mass is 9.87. The van der Waals surface area contributed by atoms with Gasteiger partial charge in [-0.1, -0.05) is 24.3 Å². The zero-order valence-electron chi connectivity index (χ0n) is 16.7. The van der Waals surface area contributed by atoms with E-state index in [1.54, 1.807) is 24.3 Å². The van der Waals surface area contributed by atoms with E-state index in [-0.39, 0.29) is 23.2 Å². The lowest BCUT2D eigenvalue weighted by Crippen LogP contribution is -2.36. The minimum atomic E-state index is -4.71. The highest BCUT2D eigenvalue weighted by Crippen LogP contribution is 2.40. The van der Waals surface area contributed by atoms with Crippen molar-refractivity contribution in [3.63, 3.8) is 0 Å². The topological polar surface area (TPSA) is 96.3 Å². The maximum Gasteiger partial charge on any atom is 0.446 e. The fourth-order valence-electron chi connectivity index (χ4n) is 3.85. The van der Waals surface area contributed by atoms with Gasteiger partial charge >= 0.3 is 10.4 Å². The van der Waals surface area contributed by atoms with Gasteiger partial charge in [-0.15, -0.1) is 0 Å². The second kappa shape index (κ2) is 9.74. The molecule has 0 saturated carbocycles. The lowest BCUT2D eigenvalue weighted by Gasteiger charge is -2.34. The summed E-state index contributed by atoms with van der Waals surface area (Å²) in [7, 11) is -3.36. The summed E-state index contributed by atoms with van der Waals surface area (Å²) in [5, 5.41) is 10.9. The molecule has 9 heteroatoms. The Labute approximate surface area is 176 Å². The maximum absolute atomic E-state index is 13.0. The van der Waals surface area contributed by atoms with Crippen LogP contribution < -0.4 is 8.92 Å². The van der Waals surface area contributed by atoms with Crippen LogP contribution in [0.2, 0.25) is 0 Å². The average Bonchev–Trinajstić information content (AvgIpc) is 2.72. The van der Waals surface area contributed by atoms with Crippen LogP contribution in [0.4, 0.5) is 4.39 Å². The second-order valence-electron chi connectivity index (χ2n) is 7.39. The monoisotopic (exact) mass is 439 g/mol. The summed E-state index contributed by atoms with van der Waals surface area (Å²) in [6.45, 7) is 2.48. The highest BCUT2D eigenvalue weighted by atomic mass is 32.3. The average molecular weight is 440 g/mol. The zero-order chi connectivity index (χ0) is 21.7. The highest BCUT2D eigenvalue weighted by Gasteiger charge is 2.29. The van der Waals surface area contributed by atoms with Gasteiger partial charge in [0.2, 0.25) is 0 Å². The third kappa shape index (κ3) is 5.91. The van der Waals surface area contributed by atoms with Gasteiger partial charge in [0.1, 0.15) is 5.82 Å². The molecule has 30 heavy (non-hydrogen) atoms. The number of aliphatic hydroxyl groups is 1. The van der Waals surface area contributed by atoms with E-state index in [2.05, 4.69) is 9.08 Å². The number of methoxy groups -OCH3 is 1. The number of hydrogen-bond donors (Lipinski definition) is 2. The van der Waals surface area contributed by atoms with E-state index in [4.69, 9.17) is 9.29 Å². The van der Waals surface area contributed by atoms with Crippen molar-refractivity contribution in [1.82, 2.24) is 4.90 Å². The Morgan fingerprint density at radius 3 is 2.43 bits per heavy atom. The van der Waals surface area contributed by atoms with Crippen molar-refractivity contribution >= 4 is 10.4 Å². The molecule has 1 saturated heterocycles. The van der Waals surface area contributed by atoms with Crippen LogP contribution in [0.25, 0.3) is 0 Å². The largest absolute Gasteiger partial charge is 0.492 e. The Bertz CT molecular complexity index is 942. The summed E-state index contributed by atoms with van der Waals surface area (Å²) < 4.78 is 53.9. The van der Waals surface area contributed by atoms with Crippen LogP contribution in [-0.2, 0) is 16.8 Å². The van der Waals surface area contributed by atoms with Gasteiger partial charge in [0.25, 0.3) is 0 Å². The molecule has 2 aromatic rings. The van der Waals surface area contributed by atoms with Crippen molar-refractivity contribution in [2.45, 2.75) is 25.4 Å². The number of hydrogen-bond acceptors (Lipinski definition) is 6. The number of para-hydroxylation sites is 1. The van der Waals surface area contributed by atoms with E-state index < -0.39 is 16.5 Å². The van der Waals surface area contributed by atoms with Gasteiger partial charge in [-0.25, -0.2) is 4.39 Å². The van der Waals surface area contributed by atoms with Crippen LogP contribution in [0.15, 0.2) is 42.5 Å². The van der Waals surface area contributed by atoms with Gasteiger partial charge in [-0.05, 0) is 62.0 Å². The van der Waals surface area contributed by atoms with Gasteiger partial charge < -0.3 is 18.9 Å². The molecule has 0 radical (unpaired) electrons. The van der Waals surface area contributed by atoms with Crippen LogP contribution in [0.5, 0.6) is 11.5 Å². The Morgan fingerprint density at radius 2 is 1.83 bits per heavy atom. The van der Waals surface area contributed by atoms with Crippen molar-refractivity contribution < 1.29 is 31.4 Å². The Hall–Kier alpha value is -2.20. The SMILES string of the molecule is COc1c(OS(=O)(=O)O)cccc1C(O)C1CCN(CCc2ccc(F)cc2)CC1. The number of ether oxygens (including phenoxy) is 1. The number of aliphatic hydroxyl groups excluding tert-OH is 1. The first kappa shape index (κ1) is 22.5. The number of benzene rings is 2. The molecule has 1 unspecified atom stereocenters. The van der Waals surface area contributed by atoms with Crippen molar-refractivity contribution in [3.8, 4) is 11.5 Å². The third-order valence-electron chi connectivity index (χ3n) is 5.44. The molecule has 1 aliphatic heterocycles.